The van der Waals surface area contributed by atoms with Crippen molar-refractivity contribution in [3.63, 3.8) is 0 Å². The Morgan fingerprint density at radius 1 is 1.27 bits per heavy atom. The Morgan fingerprint density at radius 2 is 1.93 bits per heavy atom. The fraction of sp³-hybridized carbons (Fsp3) is 0.500. The zero-order valence-corrected chi connectivity index (χ0v) is 9.27. The van der Waals surface area contributed by atoms with Crippen molar-refractivity contribution >= 4 is 0 Å². The van der Waals surface area contributed by atoms with Crippen molar-refractivity contribution in [3.05, 3.63) is 29.8 Å². The van der Waals surface area contributed by atoms with Gasteiger partial charge in [0.25, 0.3) is 0 Å². The molecule has 1 aromatic carbocycles. The summed E-state index contributed by atoms with van der Waals surface area (Å²) in [7, 11) is 0. The third kappa shape index (κ3) is 4.32. The molecule has 0 radical (unpaired) electrons. The molecule has 0 saturated carbocycles. The average Bonchev–Trinajstić information content (AvgIpc) is 2.15. The molecule has 1 rings (SSSR count). The van der Waals surface area contributed by atoms with E-state index in [9.17, 15) is 10.2 Å². The summed E-state index contributed by atoms with van der Waals surface area (Å²) in [4.78, 5) is 0. The van der Waals surface area contributed by atoms with Crippen LogP contribution >= 0.6 is 0 Å². The maximum Gasteiger partial charge on any atom is 0.120 e. The van der Waals surface area contributed by atoms with Gasteiger partial charge in [-0.3, -0.25) is 0 Å². The van der Waals surface area contributed by atoms with Gasteiger partial charge in [-0.15, -0.1) is 0 Å². The predicted molar refractivity (Wildman–Crippen MR) is 60.7 cm³/mol. The van der Waals surface area contributed by atoms with Crippen molar-refractivity contribution in [2.75, 3.05) is 0 Å². The van der Waals surface area contributed by atoms with Crippen LogP contribution < -0.4 is 5.32 Å². The van der Waals surface area contributed by atoms with Crippen LogP contribution in [-0.4, -0.2) is 22.4 Å². The van der Waals surface area contributed by atoms with Crippen LogP contribution in [-0.2, 0) is 6.54 Å². The highest BCUT2D eigenvalue weighted by atomic mass is 16.3. The molecule has 0 heterocycles. The van der Waals surface area contributed by atoms with Crippen molar-refractivity contribution in [1.29, 1.82) is 0 Å². The van der Waals surface area contributed by atoms with E-state index >= 15 is 0 Å². The number of aliphatic hydroxyl groups is 1. The minimum Gasteiger partial charge on any atom is -0.508 e. The highest BCUT2D eigenvalue weighted by Gasteiger charge is 2.06. The molecule has 15 heavy (non-hydrogen) atoms. The molecule has 0 saturated heterocycles. The first-order chi connectivity index (χ1) is 7.09. The number of phenolic OH excluding ortho intramolecular Hbond substituents is 1. The number of phenols is 1. The molecule has 2 unspecified atom stereocenters. The lowest BCUT2D eigenvalue weighted by Gasteiger charge is -2.15. The number of aliphatic hydroxyl groups excluding tert-OH is 1. The molecule has 0 aliphatic rings. The SMILES string of the molecule is CC(O)CC(C)NCc1ccccc1O. The number of nitrogens with one attached hydrogen (secondary N) is 1. The molecule has 0 bridgehead atoms. The van der Waals surface area contributed by atoms with Gasteiger partial charge in [0, 0.05) is 18.2 Å². The summed E-state index contributed by atoms with van der Waals surface area (Å²) in [5.74, 6) is 0.314. The molecular weight excluding hydrogens is 190 g/mol. The molecule has 0 aromatic heterocycles. The maximum absolute atomic E-state index is 9.52. The minimum absolute atomic E-state index is 0.240. The lowest BCUT2D eigenvalue weighted by molar-refractivity contribution is 0.170. The minimum atomic E-state index is -0.295. The Balaban J connectivity index is 2.40. The molecule has 0 spiro atoms. The van der Waals surface area contributed by atoms with Crippen LogP contribution in [0.4, 0.5) is 0 Å². The molecule has 3 nitrogen and oxygen atoms in total. The number of hydrogen-bond acceptors (Lipinski definition) is 3. The highest BCUT2D eigenvalue weighted by Crippen LogP contribution is 2.15. The van der Waals surface area contributed by atoms with E-state index in [1.54, 1.807) is 19.1 Å². The average molecular weight is 209 g/mol. The van der Waals surface area contributed by atoms with Crippen molar-refractivity contribution < 1.29 is 10.2 Å². The van der Waals surface area contributed by atoms with Crippen molar-refractivity contribution in [2.24, 2.45) is 0 Å². The van der Waals surface area contributed by atoms with E-state index in [-0.39, 0.29) is 12.1 Å². The highest BCUT2D eigenvalue weighted by molar-refractivity contribution is 5.31. The van der Waals surface area contributed by atoms with Gasteiger partial charge in [-0.05, 0) is 26.3 Å². The monoisotopic (exact) mass is 209 g/mol. The summed E-state index contributed by atoms with van der Waals surface area (Å²) in [5.41, 5.74) is 0.884. The number of para-hydroxylation sites is 1. The van der Waals surface area contributed by atoms with Crippen LogP contribution in [0.5, 0.6) is 5.75 Å². The molecule has 3 N–H and O–H groups in total. The van der Waals surface area contributed by atoms with Gasteiger partial charge in [0.2, 0.25) is 0 Å². The van der Waals surface area contributed by atoms with Gasteiger partial charge < -0.3 is 15.5 Å². The summed E-state index contributed by atoms with van der Waals surface area (Å²) in [5, 5.41) is 22.0. The van der Waals surface area contributed by atoms with E-state index in [0.717, 1.165) is 5.56 Å². The third-order valence-electron chi connectivity index (χ3n) is 2.33. The van der Waals surface area contributed by atoms with E-state index in [4.69, 9.17) is 0 Å². The van der Waals surface area contributed by atoms with Gasteiger partial charge in [0.15, 0.2) is 0 Å². The van der Waals surface area contributed by atoms with Gasteiger partial charge in [-0.25, -0.2) is 0 Å². The molecule has 3 heteroatoms. The zero-order valence-electron chi connectivity index (χ0n) is 9.27. The zero-order chi connectivity index (χ0) is 11.3. The number of hydrogen-bond donors (Lipinski definition) is 3. The van der Waals surface area contributed by atoms with Crippen LogP contribution in [0.15, 0.2) is 24.3 Å². The third-order valence-corrected chi connectivity index (χ3v) is 2.33. The fourth-order valence-electron chi connectivity index (χ4n) is 1.54. The lowest BCUT2D eigenvalue weighted by atomic mass is 10.1. The smallest absolute Gasteiger partial charge is 0.120 e. The summed E-state index contributed by atoms with van der Waals surface area (Å²) in [6.07, 6.45) is 0.421. The van der Waals surface area contributed by atoms with E-state index in [0.29, 0.717) is 18.7 Å². The number of aromatic hydroxyl groups is 1. The Kier molecular flexibility index (Phi) is 4.59. The largest absolute Gasteiger partial charge is 0.508 e. The number of rotatable bonds is 5. The predicted octanol–water partition coefficient (Wildman–Crippen LogP) is 1.64. The molecular formula is C12H19NO2. The molecule has 0 aliphatic carbocycles. The Hall–Kier alpha value is -1.06. The second-order valence-corrected chi connectivity index (χ2v) is 4.00. The van der Waals surface area contributed by atoms with Gasteiger partial charge >= 0.3 is 0 Å². The Morgan fingerprint density at radius 3 is 2.53 bits per heavy atom. The fourth-order valence-corrected chi connectivity index (χ4v) is 1.54. The molecule has 0 amide bonds. The van der Waals surface area contributed by atoms with E-state index in [1.165, 1.54) is 0 Å². The van der Waals surface area contributed by atoms with Gasteiger partial charge in [0.1, 0.15) is 5.75 Å². The summed E-state index contributed by atoms with van der Waals surface area (Å²) in [6.45, 7) is 4.42. The van der Waals surface area contributed by atoms with Crippen molar-refractivity contribution in [2.45, 2.75) is 39.0 Å². The molecule has 84 valence electrons. The van der Waals surface area contributed by atoms with Crippen LogP contribution in [0.1, 0.15) is 25.8 Å². The molecule has 0 fully saturated rings. The summed E-state index contributed by atoms with van der Waals surface area (Å²) in [6, 6.07) is 7.51. The van der Waals surface area contributed by atoms with Crippen molar-refractivity contribution in [3.8, 4) is 5.75 Å². The quantitative estimate of drug-likeness (QED) is 0.691. The van der Waals surface area contributed by atoms with E-state index in [2.05, 4.69) is 5.32 Å². The number of benzene rings is 1. The normalized spacial score (nSPS) is 14.9. The van der Waals surface area contributed by atoms with E-state index in [1.807, 2.05) is 19.1 Å². The summed E-state index contributed by atoms with van der Waals surface area (Å²) < 4.78 is 0. The summed E-state index contributed by atoms with van der Waals surface area (Å²) >= 11 is 0. The maximum atomic E-state index is 9.52. The topological polar surface area (TPSA) is 52.5 Å². The van der Waals surface area contributed by atoms with Gasteiger partial charge in [-0.1, -0.05) is 18.2 Å². The lowest BCUT2D eigenvalue weighted by Crippen LogP contribution is -2.28. The van der Waals surface area contributed by atoms with Crippen LogP contribution in [0.25, 0.3) is 0 Å². The molecule has 2 atom stereocenters. The van der Waals surface area contributed by atoms with Gasteiger partial charge in [0.05, 0.1) is 6.10 Å². The first-order valence-electron chi connectivity index (χ1n) is 5.28. The first-order valence-corrected chi connectivity index (χ1v) is 5.28. The Bertz CT molecular complexity index is 299. The van der Waals surface area contributed by atoms with Crippen LogP contribution in [0, 0.1) is 0 Å². The Labute approximate surface area is 90.8 Å². The van der Waals surface area contributed by atoms with Crippen LogP contribution in [0.2, 0.25) is 0 Å². The standard InChI is InChI=1S/C12H19NO2/c1-9(7-10(2)14)13-8-11-5-3-4-6-12(11)15/h3-6,9-10,13-15H,7-8H2,1-2H3. The molecule has 0 aliphatic heterocycles. The van der Waals surface area contributed by atoms with Crippen molar-refractivity contribution in [1.82, 2.24) is 5.32 Å². The second-order valence-electron chi connectivity index (χ2n) is 4.00. The van der Waals surface area contributed by atoms with E-state index < -0.39 is 0 Å². The first kappa shape index (κ1) is 12.0. The van der Waals surface area contributed by atoms with Crippen LogP contribution in [0.3, 0.4) is 0 Å². The van der Waals surface area contributed by atoms with Gasteiger partial charge in [-0.2, -0.15) is 0 Å². The second kappa shape index (κ2) is 5.73. The molecule has 1 aromatic rings.